The molecular formula is C25H23NO5. The van der Waals surface area contributed by atoms with E-state index in [1.165, 1.54) is 7.11 Å². The summed E-state index contributed by atoms with van der Waals surface area (Å²) in [6, 6.07) is 23.0. The van der Waals surface area contributed by atoms with E-state index in [0.29, 0.717) is 29.5 Å². The Balaban J connectivity index is 1.44. The summed E-state index contributed by atoms with van der Waals surface area (Å²) in [7, 11) is 1.53. The summed E-state index contributed by atoms with van der Waals surface area (Å²) in [6.45, 7) is 0.476. The summed E-state index contributed by atoms with van der Waals surface area (Å²) in [5.41, 5.74) is 2.88. The van der Waals surface area contributed by atoms with Crippen molar-refractivity contribution in [3.8, 4) is 28.4 Å². The molecule has 0 saturated carbocycles. The van der Waals surface area contributed by atoms with Crippen molar-refractivity contribution in [3.63, 3.8) is 0 Å². The van der Waals surface area contributed by atoms with Crippen molar-refractivity contribution in [3.05, 3.63) is 84.6 Å². The highest BCUT2D eigenvalue weighted by atomic mass is 16.5. The standard InChI is InChI=1S/C25H23NO5/c1-29-24-17-20(9-12-22(24)30-16-15-27)26-14-13-23(25(26)28)31-21-10-7-19(8-11-21)18-5-3-2-4-6-18/h2-13,17,27H,14-16H2,1H3. The van der Waals surface area contributed by atoms with Crippen LogP contribution in [0.25, 0.3) is 11.1 Å². The summed E-state index contributed by atoms with van der Waals surface area (Å²) >= 11 is 0. The smallest absolute Gasteiger partial charge is 0.294 e. The van der Waals surface area contributed by atoms with Gasteiger partial charge >= 0.3 is 0 Å². The molecular weight excluding hydrogens is 394 g/mol. The minimum Gasteiger partial charge on any atom is -0.493 e. The zero-order valence-electron chi connectivity index (χ0n) is 17.2. The highest BCUT2D eigenvalue weighted by molar-refractivity contribution is 6.07. The van der Waals surface area contributed by atoms with Crippen LogP contribution in [-0.2, 0) is 4.79 Å². The molecule has 0 unspecified atom stereocenters. The van der Waals surface area contributed by atoms with Gasteiger partial charge in [-0.1, -0.05) is 42.5 Å². The van der Waals surface area contributed by atoms with E-state index in [-0.39, 0.29) is 24.9 Å². The molecule has 6 heteroatoms. The molecule has 1 heterocycles. The maximum Gasteiger partial charge on any atom is 0.294 e. The summed E-state index contributed by atoms with van der Waals surface area (Å²) in [5, 5.41) is 8.94. The SMILES string of the molecule is COc1cc(N2CC=C(Oc3ccc(-c4ccccc4)cc3)C2=O)ccc1OCCO. The number of methoxy groups -OCH3 is 1. The van der Waals surface area contributed by atoms with E-state index in [9.17, 15) is 4.79 Å². The fourth-order valence-electron chi connectivity index (χ4n) is 3.36. The number of rotatable bonds is 8. The predicted octanol–water partition coefficient (Wildman–Crippen LogP) is 4.04. The van der Waals surface area contributed by atoms with Crippen LogP contribution in [0.4, 0.5) is 5.69 Å². The van der Waals surface area contributed by atoms with Gasteiger partial charge in [-0.2, -0.15) is 0 Å². The van der Waals surface area contributed by atoms with Gasteiger partial charge in [-0.15, -0.1) is 0 Å². The van der Waals surface area contributed by atoms with E-state index in [2.05, 4.69) is 0 Å². The number of ether oxygens (including phenoxy) is 3. The Morgan fingerprint density at radius 3 is 2.39 bits per heavy atom. The minimum absolute atomic E-state index is 0.0908. The van der Waals surface area contributed by atoms with Crippen LogP contribution < -0.4 is 19.1 Å². The van der Waals surface area contributed by atoms with E-state index < -0.39 is 0 Å². The number of anilines is 1. The van der Waals surface area contributed by atoms with Crippen molar-refractivity contribution < 1.29 is 24.1 Å². The Labute approximate surface area is 180 Å². The number of benzene rings is 3. The maximum absolute atomic E-state index is 12.9. The van der Waals surface area contributed by atoms with Crippen LogP contribution in [0, 0.1) is 0 Å². The van der Waals surface area contributed by atoms with Crippen LogP contribution in [0.2, 0.25) is 0 Å². The van der Waals surface area contributed by atoms with Gasteiger partial charge in [-0.25, -0.2) is 0 Å². The van der Waals surface area contributed by atoms with Gasteiger partial charge < -0.3 is 24.2 Å². The molecule has 4 rings (SSSR count). The molecule has 0 aromatic heterocycles. The number of amides is 1. The molecule has 158 valence electrons. The third-order valence-electron chi connectivity index (χ3n) is 4.91. The second-order valence-electron chi connectivity index (χ2n) is 6.88. The van der Waals surface area contributed by atoms with Crippen LogP contribution in [-0.4, -0.2) is 37.9 Å². The molecule has 6 nitrogen and oxygen atoms in total. The summed E-state index contributed by atoms with van der Waals surface area (Å²) in [4.78, 5) is 14.5. The molecule has 0 bridgehead atoms. The average Bonchev–Trinajstić information content (AvgIpc) is 3.18. The first-order valence-electron chi connectivity index (χ1n) is 9.96. The van der Waals surface area contributed by atoms with E-state index in [1.807, 2.05) is 54.6 Å². The minimum atomic E-state index is -0.224. The molecule has 1 aliphatic rings. The van der Waals surface area contributed by atoms with Gasteiger partial charge in [0.2, 0.25) is 0 Å². The Hall–Kier alpha value is -3.77. The fourth-order valence-corrected chi connectivity index (χ4v) is 3.36. The second-order valence-corrected chi connectivity index (χ2v) is 6.88. The van der Waals surface area contributed by atoms with Crippen molar-refractivity contribution in [1.82, 2.24) is 0 Å². The number of aliphatic hydroxyl groups is 1. The molecule has 1 aliphatic heterocycles. The molecule has 1 amide bonds. The summed E-state index contributed by atoms with van der Waals surface area (Å²) in [6.07, 6.45) is 1.76. The summed E-state index contributed by atoms with van der Waals surface area (Å²) < 4.78 is 16.7. The number of carbonyl (C=O) groups is 1. The van der Waals surface area contributed by atoms with Gasteiger partial charge in [0.15, 0.2) is 17.3 Å². The van der Waals surface area contributed by atoms with E-state index in [0.717, 1.165) is 11.1 Å². The van der Waals surface area contributed by atoms with Crippen LogP contribution in [0.1, 0.15) is 0 Å². The van der Waals surface area contributed by atoms with Crippen LogP contribution in [0.5, 0.6) is 17.2 Å². The van der Waals surface area contributed by atoms with Crippen molar-refractivity contribution in [2.75, 3.05) is 31.8 Å². The lowest BCUT2D eigenvalue weighted by molar-refractivity contribution is -0.116. The Morgan fingerprint density at radius 1 is 0.935 bits per heavy atom. The van der Waals surface area contributed by atoms with E-state index in [1.54, 1.807) is 29.2 Å². The van der Waals surface area contributed by atoms with Crippen LogP contribution in [0.3, 0.4) is 0 Å². The van der Waals surface area contributed by atoms with Gasteiger partial charge in [-0.3, -0.25) is 4.79 Å². The molecule has 0 fully saturated rings. The summed E-state index contributed by atoms with van der Waals surface area (Å²) in [5.74, 6) is 1.66. The van der Waals surface area contributed by atoms with Crippen molar-refractivity contribution in [2.24, 2.45) is 0 Å². The highest BCUT2D eigenvalue weighted by Gasteiger charge is 2.28. The van der Waals surface area contributed by atoms with Crippen molar-refractivity contribution in [1.29, 1.82) is 0 Å². The quantitative estimate of drug-likeness (QED) is 0.599. The molecule has 0 saturated heterocycles. The largest absolute Gasteiger partial charge is 0.493 e. The first-order chi connectivity index (χ1) is 15.2. The predicted molar refractivity (Wildman–Crippen MR) is 119 cm³/mol. The number of hydrogen-bond acceptors (Lipinski definition) is 5. The first kappa shape index (κ1) is 20.5. The molecule has 0 spiro atoms. The topological polar surface area (TPSA) is 68.2 Å². The molecule has 1 N–H and O–H groups in total. The monoisotopic (exact) mass is 417 g/mol. The molecule has 3 aromatic carbocycles. The normalized spacial score (nSPS) is 13.2. The third kappa shape index (κ3) is 4.54. The third-order valence-corrected chi connectivity index (χ3v) is 4.91. The average molecular weight is 417 g/mol. The number of aliphatic hydroxyl groups excluding tert-OH is 1. The molecule has 0 radical (unpaired) electrons. The van der Waals surface area contributed by atoms with Crippen LogP contribution in [0.15, 0.2) is 84.6 Å². The highest BCUT2D eigenvalue weighted by Crippen LogP contribution is 2.34. The lowest BCUT2D eigenvalue weighted by Gasteiger charge is -2.19. The van der Waals surface area contributed by atoms with Crippen molar-refractivity contribution in [2.45, 2.75) is 0 Å². The molecule has 31 heavy (non-hydrogen) atoms. The number of nitrogens with zero attached hydrogens (tertiary/aromatic N) is 1. The van der Waals surface area contributed by atoms with Gasteiger partial charge in [0.25, 0.3) is 5.91 Å². The zero-order chi connectivity index (χ0) is 21.6. The number of carbonyl (C=O) groups excluding carboxylic acids is 1. The lowest BCUT2D eigenvalue weighted by Crippen LogP contribution is -2.27. The Morgan fingerprint density at radius 2 is 1.68 bits per heavy atom. The fraction of sp³-hybridized carbons (Fsp3) is 0.160. The van der Waals surface area contributed by atoms with Gasteiger partial charge in [0, 0.05) is 18.3 Å². The second kappa shape index (κ2) is 9.36. The lowest BCUT2D eigenvalue weighted by atomic mass is 10.1. The van der Waals surface area contributed by atoms with E-state index in [4.69, 9.17) is 19.3 Å². The van der Waals surface area contributed by atoms with Gasteiger partial charge in [-0.05, 0) is 41.5 Å². The van der Waals surface area contributed by atoms with Gasteiger partial charge in [0.05, 0.1) is 13.7 Å². The molecule has 0 aliphatic carbocycles. The Bertz CT molecular complexity index is 1080. The zero-order valence-corrected chi connectivity index (χ0v) is 17.2. The molecule has 0 atom stereocenters. The number of hydrogen-bond donors (Lipinski definition) is 1. The molecule has 3 aromatic rings. The van der Waals surface area contributed by atoms with Crippen molar-refractivity contribution >= 4 is 11.6 Å². The Kier molecular flexibility index (Phi) is 6.19. The van der Waals surface area contributed by atoms with E-state index >= 15 is 0 Å². The maximum atomic E-state index is 12.9. The first-order valence-corrected chi connectivity index (χ1v) is 9.96. The van der Waals surface area contributed by atoms with Gasteiger partial charge in [0.1, 0.15) is 12.4 Å². The van der Waals surface area contributed by atoms with Crippen LogP contribution >= 0.6 is 0 Å².